The Bertz CT molecular complexity index is 1240. The molecule has 4 rings (SSSR count). The monoisotopic (exact) mass is 446 g/mol. The molecule has 0 bridgehead atoms. The first kappa shape index (κ1) is 22.3. The number of ether oxygens (including phenoxy) is 2. The van der Waals surface area contributed by atoms with E-state index in [1.165, 1.54) is 5.56 Å². The minimum Gasteiger partial charge on any atom is -0.494 e. The number of carbonyl (C=O) groups excluding carboxylic acids is 1. The number of benzene rings is 2. The van der Waals surface area contributed by atoms with Gasteiger partial charge in [0.25, 0.3) is 0 Å². The Labute approximate surface area is 192 Å². The minimum absolute atomic E-state index is 0.0251. The fourth-order valence-corrected chi connectivity index (χ4v) is 3.38. The SMILES string of the molecule is CCOc1ccc(-c2nc(COC(=O)c3nnn(-c4ccc(CC)cc4)c3C)c(C)o2)cc1. The van der Waals surface area contributed by atoms with E-state index >= 15 is 0 Å². The Morgan fingerprint density at radius 1 is 1.03 bits per heavy atom. The van der Waals surface area contributed by atoms with Gasteiger partial charge in [-0.1, -0.05) is 24.3 Å². The van der Waals surface area contributed by atoms with Crippen LogP contribution in [0.2, 0.25) is 0 Å². The molecule has 0 aliphatic carbocycles. The lowest BCUT2D eigenvalue weighted by Crippen LogP contribution is -2.09. The van der Waals surface area contributed by atoms with Gasteiger partial charge in [-0.05, 0) is 69.2 Å². The predicted molar refractivity (Wildman–Crippen MR) is 122 cm³/mol. The van der Waals surface area contributed by atoms with Crippen LogP contribution in [0.25, 0.3) is 17.1 Å². The van der Waals surface area contributed by atoms with Gasteiger partial charge in [0, 0.05) is 5.56 Å². The van der Waals surface area contributed by atoms with Crippen LogP contribution in [0.4, 0.5) is 0 Å². The van der Waals surface area contributed by atoms with Gasteiger partial charge in [-0.15, -0.1) is 5.10 Å². The normalized spacial score (nSPS) is 10.9. The van der Waals surface area contributed by atoms with Crippen molar-refractivity contribution in [2.24, 2.45) is 0 Å². The lowest BCUT2D eigenvalue weighted by atomic mass is 10.1. The third kappa shape index (κ3) is 4.79. The molecule has 0 unspecified atom stereocenters. The third-order valence-electron chi connectivity index (χ3n) is 5.32. The van der Waals surface area contributed by atoms with Crippen LogP contribution < -0.4 is 4.74 Å². The van der Waals surface area contributed by atoms with Gasteiger partial charge >= 0.3 is 5.97 Å². The molecule has 0 radical (unpaired) electrons. The van der Waals surface area contributed by atoms with Crippen molar-refractivity contribution in [3.63, 3.8) is 0 Å². The third-order valence-corrected chi connectivity index (χ3v) is 5.32. The summed E-state index contributed by atoms with van der Waals surface area (Å²) in [7, 11) is 0. The number of esters is 1. The summed E-state index contributed by atoms with van der Waals surface area (Å²) in [5.41, 5.74) is 4.20. The van der Waals surface area contributed by atoms with Crippen LogP contribution in [-0.2, 0) is 17.8 Å². The molecule has 0 amide bonds. The summed E-state index contributed by atoms with van der Waals surface area (Å²) in [6.45, 7) is 8.19. The number of hydrogen-bond donors (Lipinski definition) is 0. The van der Waals surface area contributed by atoms with Gasteiger partial charge in [0.2, 0.25) is 5.89 Å². The number of rotatable bonds is 8. The zero-order chi connectivity index (χ0) is 23.4. The second-order valence-corrected chi connectivity index (χ2v) is 7.51. The van der Waals surface area contributed by atoms with Crippen molar-refractivity contribution in [2.45, 2.75) is 40.7 Å². The van der Waals surface area contributed by atoms with Crippen molar-refractivity contribution in [1.29, 1.82) is 0 Å². The van der Waals surface area contributed by atoms with Gasteiger partial charge in [-0.2, -0.15) is 0 Å². The van der Waals surface area contributed by atoms with E-state index in [2.05, 4.69) is 22.2 Å². The molecule has 4 aromatic rings. The summed E-state index contributed by atoms with van der Waals surface area (Å²) >= 11 is 0. The van der Waals surface area contributed by atoms with Crippen LogP contribution in [0, 0.1) is 13.8 Å². The Morgan fingerprint density at radius 2 is 1.76 bits per heavy atom. The van der Waals surface area contributed by atoms with Gasteiger partial charge < -0.3 is 13.9 Å². The first-order chi connectivity index (χ1) is 16.0. The van der Waals surface area contributed by atoms with E-state index in [-0.39, 0.29) is 12.3 Å². The highest BCUT2D eigenvalue weighted by atomic mass is 16.5. The van der Waals surface area contributed by atoms with E-state index in [1.54, 1.807) is 18.5 Å². The Balaban J connectivity index is 1.44. The molecule has 0 N–H and O–H groups in total. The fraction of sp³-hybridized carbons (Fsp3) is 0.280. The predicted octanol–water partition coefficient (Wildman–Crippen LogP) is 4.86. The van der Waals surface area contributed by atoms with Crippen LogP contribution in [0.5, 0.6) is 5.75 Å². The molecule has 0 aliphatic rings. The zero-order valence-electron chi connectivity index (χ0n) is 19.2. The topological polar surface area (TPSA) is 92.3 Å². The van der Waals surface area contributed by atoms with Gasteiger partial charge in [-0.3, -0.25) is 0 Å². The Morgan fingerprint density at radius 3 is 2.42 bits per heavy atom. The Kier molecular flexibility index (Phi) is 6.53. The molecule has 0 aliphatic heterocycles. The maximum Gasteiger partial charge on any atom is 0.361 e. The van der Waals surface area contributed by atoms with Gasteiger partial charge in [0.15, 0.2) is 5.69 Å². The average molecular weight is 447 g/mol. The van der Waals surface area contributed by atoms with Crippen LogP contribution in [0.3, 0.4) is 0 Å². The van der Waals surface area contributed by atoms with Crippen molar-refractivity contribution in [1.82, 2.24) is 20.0 Å². The summed E-state index contributed by atoms with van der Waals surface area (Å²) < 4.78 is 18.3. The number of nitrogens with zero attached hydrogens (tertiary/aromatic N) is 4. The van der Waals surface area contributed by atoms with Gasteiger partial charge in [0.1, 0.15) is 23.8 Å². The molecule has 8 nitrogen and oxygen atoms in total. The summed E-state index contributed by atoms with van der Waals surface area (Å²) in [5, 5.41) is 8.15. The van der Waals surface area contributed by atoms with Crippen molar-refractivity contribution < 1.29 is 18.7 Å². The zero-order valence-corrected chi connectivity index (χ0v) is 19.2. The molecule has 0 fully saturated rings. The van der Waals surface area contributed by atoms with Gasteiger partial charge in [0.05, 0.1) is 18.0 Å². The lowest BCUT2D eigenvalue weighted by Gasteiger charge is -2.05. The number of aryl methyl sites for hydroxylation is 2. The van der Waals surface area contributed by atoms with Crippen LogP contribution in [-0.4, -0.2) is 32.6 Å². The average Bonchev–Trinajstić information content (AvgIpc) is 3.40. The highest BCUT2D eigenvalue weighted by Gasteiger charge is 2.20. The molecule has 33 heavy (non-hydrogen) atoms. The van der Waals surface area contributed by atoms with E-state index in [9.17, 15) is 4.79 Å². The second kappa shape index (κ2) is 9.68. The van der Waals surface area contributed by atoms with Crippen molar-refractivity contribution >= 4 is 5.97 Å². The number of carbonyl (C=O) groups is 1. The molecule has 2 aromatic carbocycles. The largest absolute Gasteiger partial charge is 0.494 e. The summed E-state index contributed by atoms with van der Waals surface area (Å²) in [6, 6.07) is 15.4. The molecule has 2 aromatic heterocycles. The van der Waals surface area contributed by atoms with E-state index in [0.29, 0.717) is 29.6 Å². The highest BCUT2D eigenvalue weighted by Crippen LogP contribution is 2.25. The standard InChI is InChI=1S/C25H26N4O4/c1-5-18-7-11-20(12-8-18)29-16(3)23(27-28-29)25(30)32-15-22-17(4)33-24(26-22)19-9-13-21(14-10-19)31-6-2/h7-14H,5-6,15H2,1-4H3. The van der Waals surface area contributed by atoms with E-state index in [0.717, 1.165) is 23.4 Å². The number of hydrogen-bond acceptors (Lipinski definition) is 7. The maximum atomic E-state index is 12.7. The van der Waals surface area contributed by atoms with E-state index < -0.39 is 5.97 Å². The molecule has 0 saturated carbocycles. The molecule has 0 atom stereocenters. The molecule has 0 spiro atoms. The fourth-order valence-electron chi connectivity index (χ4n) is 3.38. The Hall–Kier alpha value is -3.94. The lowest BCUT2D eigenvalue weighted by molar-refractivity contribution is 0.0459. The summed E-state index contributed by atoms with van der Waals surface area (Å²) in [4.78, 5) is 17.1. The minimum atomic E-state index is -0.561. The van der Waals surface area contributed by atoms with Crippen LogP contribution in [0.15, 0.2) is 52.9 Å². The van der Waals surface area contributed by atoms with E-state index in [1.807, 2.05) is 55.5 Å². The van der Waals surface area contributed by atoms with Crippen molar-refractivity contribution in [3.8, 4) is 22.9 Å². The van der Waals surface area contributed by atoms with Crippen molar-refractivity contribution in [3.05, 3.63) is 76.9 Å². The highest BCUT2D eigenvalue weighted by molar-refractivity contribution is 5.88. The molecule has 2 heterocycles. The van der Waals surface area contributed by atoms with E-state index in [4.69, 9.17) is 13.9 Å². The first-order valence-corrected chi connectivity index (χ1v) is 10.9. The maximum absolute atomic E-state index is 12.7. The molecule has 170 valence electrons. The molecule has 0 saturated heterocycles. The number of oxazole rings is 1. The first-order valence-electron chi connectivity index (χ1n) is 10.9. The van der Waals surface area contributed by atoms with Crippen molar-refractivity contribution in [2.75, 3.05) is 6.61 Å². The summed E-state index contributed by atoms with van der Waals surface area (Å²) in [5.74, 6) is 1.26. The molecular formula is C25H26N4O4. The quantitative estimate of drug-likeness (QED) is 0.357. The summed E-state index contributed by atoms with van der Waals surface area (Å²) in [6.07, 6.45) is 0.954. The smallest absolute Gasteiger partial charge is 0.361 e. The second-order valence-electron chi connectivity index (χ2n) is 7.51. The molecular weight excluding hydrogens is 420 g/mol. The number of aromatic nitrogens is 4. The van der Waals surface area contributed by atoms with Crippen LogP contribution >= 0.6 is 0 Å². The van der Waals surface area contributed by atoms with Crippen LogP contribution in [0.1, 0.15) is 47.0 Å². The molecule has 8 heteroatoms. The van der Waals surface area contributed by atoms with Gasteiger partial charge in [-0.25, -0.2) is 14.5 Å².